The van der Waals surface area contributed by atoms with Crippen molar-refractivity contribution in [3.63, 3.8) is 0 Å². The van der Waals surface area contributed by atoms with Crippen molar-refractivity contribution in [3.05, 3.63) is 35.9 Å². The van der Waals surface area contributed by atoms with Crippen molar-refractivity contribution < 1.29 is 14.3 Å². The summed E-state index contributed by atoms with van der Waals surface area (Å²) in [6.07, 6.45) is 0. The molecule has 0 radical (unpaired) electrons. The lowest BCUT2D eigenvalue weighted by Gasteiger charge is -2.23. The van der Waals surface area contributed by atoms with E-state index in [0.717, 1.165) is 5.56 Å². The van der Waals surface area contributed by atoms with Crippen LogP contribution in [0.5, 0.6) is 0 Å². The summed E-state index contributed by atoms with van der Waals surface area (Å²) in [6.45, 7) is 0.621. The van der Waals surface area contributed by atoms with Crippen molar-refractivity contribution in [2.75, 3.05) is 6.54 Å². The number of hydrogen-bond donors (Lipinski definition) is 1. The molecule has 1 fully saturated rings. The third-order valence-corrected chi connectivity index (χ3v) is 2.31. The Hall–Kier alpha value is -1.84. The zero-order chi connectivity index (χ0) is 10.7. The second-order valence-electron chi connectivity index (χ2n) is 3.39. The molecule has 1 aromatic carbocycles. The summed E-state index contributed by atoms with van der Waals surface area (Å²) in [5.74, 6) is -1.29. The maximum Gasteiger partial charge on any atom is 0.320 e. The first-order valence-electron chi connectivity index (χ1n) is 4.75. The molecule has 1 amide bonds. The average molecular weight is 205 g/mol. The summed E-state index contributed by atoms with van der Waals surface area (Å²) in [4.78, 5) is 22.2. The van der Waals surface area contributed by atoms with Crippen LogP contribution in [0.1, 0.15) is 5.56 Å². The normalized spacial score (nSPS) is 18.9. The van der Waals surface area contributed by atoms with Crippen molar-refractivity contribution in [2.24, 2.45) is 5.92 Å². The van der Waals surface area contributed by atoms with Gasteiger partial charge in [-0.3, -0.25) is 9.59 Å². The Kier molecular flexibility index (Phi) is 2.67. The second kappa shape index (κ2) is 4.13. The molecule has 15 heavy (non-hydrogen) atoms. The number of carbonyl (C=O) groups is 2. The number of amides is 1. The molecule has 0 bridgehead atoms. The highest BCUT2D eigenvalue weighted by molar-refractivity contribution is 6.02. The van der Waals surface area contributed by atoms with Gasteiger partial charge < -0.3 is 10.1 Å². The van der Waals surface area contributed by atoms with Gasteiger partial charge >= 0.3 is 5.97 Å². The van der Waals surface area contributed by atoms with Gasteiger partial charge in [0.1, 0.15) is 6.61 Å². The van der Waals surface area contributed by atoms with E-state index in [0.29, 0.717) is 6.54 Å². The highest BCUT2D eigenvalue weighted by atomic mass is 16.5. The monoisotopic (exact) mass is 205 g/mol. The van der Waals surface area contributed by atoms with E-state index in [-0.39, 0.29) is 12.5 Å². The van der Waals surface area contributed by atoms with Crippen LogP contribution in [0.4, 0.5) is 0 Å². The van der Waals surface area contributed by atoms with E-state index in [1.165, 1.54) is 0 Å². The molecule has 78 valence electrons. The van der Waals surface area contributed by atoms with E-state index < -0.39 is 11.9 Å². The zero-order valence-electron chi connectivity index (χ0n) is 8.10. The first kappa shape index (κ1) is 9.71. The minimum atomic E-state index is -0.603. The number of esters is 1. The van der Waals surface area contributed by atoms with Crippen LogP contribution in [0, 0.1) is 5.92 Å². The van der Waals surface area contributed by atoms with Gasteiger partial charge in [0.15, 0.2) is 5.92 Å². The van der Waals surface area contributed by atoms with Gasteiger partial charge in [-0.25, -0.2) is 0 Å². The molecule has 1 N–H and O–H groups in total. The molecule has 1 saturated heterocycles. The molecule has 1 aliphatic heterocycles. The predicted octanol–water partition coefficient (Wildman–Crippen LogP) is 0.476. The lowest BCUT2D eigenvalue weighted by Crippen LogP contribution is -2.52. The van der Waals surface area contributed by atoms with Crippen molar-refractivity contribution in [2.45, 2.75) is 6.61 Å². The van der Waals surface area contributed by atoms with E-state index in [2.05, 4.69) is 5.32 Å². The number of rotatable bonds is 3. The second-order valence-corrected chi connectivity index (χ2v) is 3.39. The summed E-state index contributed by atoms with van der Waals surface area (Å²) >= 11 is 0. The molecule has 0 aromatic heterocycles. The van der Waals surface area contributed by atoms with Gasteiger partial charge in [-0.1, -0.05) is 30.3 Å². The Bertz CT molecular complexity index is 375. The molecule has 0 unspecified atom stereocenters. The summed E-state index contributed by atoms with van der Waals surface area (Å²) in [7, 11) is 0. The summed E-state index contributed by atoms with van der Waals surface area (Å²) in [6, 6.07) is 9.38. The predicted molar refractivity (Wildman–Crippen MR) is 52.7 cm³/mol. The van der Waals surface area contributed by atoms with Gasteiger partial charge in [0.2, 0.25) is 5.91 Å². The summed E-state index contributed by atoms with van der Waals surface area (Å²) in [5, 5.41) is 2.50. The van der Waals surface area contributed by atoms with Gasteiger partial charge in [-0.15, -0.1) is 0 Å². The Morgan fingerprint density at radius 1 is 1.40 bits per heavy atom. The molecule has 1 atom stereocenters. The van der Waals surface area contributed by atoms with Crippen LogP contribution in [-0.2, 0) is 20.9 Å². The van der Waals surface area contributed by atoms with Gasteiger partial charge in [0.05, 0.1) is 0 Å². The van der Waals surface area contributed by atoms with Crippen LogP contribution in [0.3, 0.4) is 0 Å². The molecule has 4 nitrogen and oxygen atoms in total. The van der Waals surface area contributed by atoms with E-state index in [1.54, 1.807) is 0 Å². The van der Waals surface area contributed by atoms with Crippen molar-refractivity contribution in [3.8, 4) is 0 Å². The van der Waals surface area contributed by atoms with Crippen LogP contribution >= 0.6 is 0 Å². The number of nitrogens with one attached hydrogen (secondary N) is 1. The fourth-order valence-electron chi connectivity index (χ4n) is 1.31. The maximum absolute atomic E-state index is 11.3. The third kappa shape index (κ3) is 2.15. The number of ether oxygens (including phenoxy) is 1. The molecular weight excluding hydrogens is 194 g/mol. The standard InChI is InChI=1S/C11H11NO3/c13-10-9(6-12-10)11(14)15-7-8-4-2-1-3-5-8/h1-5,9H,6-7H2,(H,12,13)/t9-/m0/s1. The van der Waals surface area contributed by atoms with Gasteiger partial charge in [0, 0.05) is 6.54 Å². The first-order valence-corrected chi connectivity index (χ1v) is 4.75. The minimum Gasteiger partial charge on any atom is -0.460 e. The largest absolute Gasteiger partial charge is 0.460 e. The molecule has 0 saturated carbocycles. The van der Waals surface area contributed by atoms with Crippen LogP contribution < -0.4 is 5.32 Å². The fraction of sp³-hybridized carbons (Fsp3) is 0.273. The van der Waals surface area contributed by atoms with Crippen molar-refractivity contribution >= 4 is 11.9 Å². The van der Waals surface area contributed by atoms with Gasteiger partial charge in [-0.05, 0) is 5.56 Å². The molecular formula is C11H11NO3. The Morgan fingerprint density at radius 2 is 2.13 bits per heavy atom. The molecule has 0 aliphatic carbocycles. The van der Waals surface area contributed by atoms with E-state index in [9.17, 15) is 9.59 Å². The molecule has 0 spiro atoms. The smallest absolute Gasteiger partial charge is 0.320 e. The van der Waals surface area contributed by atoms with E-state index in [1.807, 2.05) is 30.3 Å². The Balaban J connectivity index is 1.83. The fourth-order valence-corrected chi connectivity index (χ4v) is 1.31. The maximum atomic E-state index is 11.3. The summed E-state index contributed by atoms with van der Waals surface area (Å²) in [5.41, 5.74) is 0.922. The number of β-lactam (4-membered cyclic amide) rings is 1. The zero-order valence-corrected chi connectivity index (χ0v) is 8.10. The third-order valence-electron chi connectivity index (χ3n) is 2.31. The lowest BCUT2D eigenvalue weighted by atomic mass is 10.0. The molecule has 1 aromatic rings. The van der Waals surface area contributed by atoms with Crippen LogP contribution in [0.2, 0.25) is 0 Å². The molecule has 1 aliphatic rings. The minimum absolute atomic E-state index is 0.226. The number of hydrogen-bond acceptors (Lipinski definition) is 3. The van der Waals surface area contributed by atoms with Crippen molar-refractivity contribution in [1.82, 2.24) is 5.32 Å². The highest BCUT2D eigenvalue weighted by Gasteiger charge is 2.35. The quantitative estimate of drug-likeness (QED) is 0.443. The molecule has 1 heterocycles. The van der Waals surface area contributed by atoms with Gasteiger partial charge in [-0.2, -0.15) is 0 Å². The summed E-state index contributed by atoms with van der Waals surface area (Å²) < 4.78 is 5.00. The van der Waals surface area contributed by atoms with Crippen LogP contribution in [-0.4, -0.2) is 18.4 Å². The Labute approximate surface area is 87.2 Å². The number of carbonyl (C=O) groups excluding carboxylic acids is 2. The Morgan fingerprint density at radius 3 is 2.67 bits per heavy atom. The van der Waals surface area contributed by atoms with Crippen LogP contribution in [0.15, 0.2) is 30.3 Å². The van der Waals surface area contributed by atoms with E-state index in [4.69, 9.17) is 4.74 Å². The highest BCUT2D eigenvalue weighted by Crippen LogP contribution is 2.09. The molecule has 4 heteroatoms. The SMILES string of the molecule is O=C1NC[C@@H]1C(=O)OCc1ccccc1. The number of benzene rings is 1. The van der Waals surface area contributed by atoms with Crippen LogP contribution in [0.25, 0.3) is 0 Å². The topological polar surface area (TPSA) is 55.4 Å². The van der Waals surface area contributed by atoms with Crippen molar-refractivity contribution in [1.29, 1.82) is 0 Å². The molecule has 2 rings (SSSR count). The van der Waals surface area contributed by atoms with Gasteiger partial charge in [0.25, 0.3) is 0 Å². The first-order chi connectivity index (χ1) is 7.27. The average Bonchev–Trinajstić information content (AvgIpc) is 2.26. The lowest BCUT2D eigenvalue weighted by molar-refractivity contribution is -0.157. The van der Waals surface area contributed by atoms with E-state index >= 15 is 0 Å².